The third-order valence-corrected chi connectivity index (χ3v) is 11.5. The molecule has 0 aromatic rings. The molecule has 1 heterocycles. The van der Waals surface area contributed by atoms with E-state index in [0.717, 1.165) is 38.5 Å². The summed E-state index contributed by atoms with van der Waals surface area (Å²) in [7, 11) is 0. The van der Waals surface area contributed by atoms with Crippen LogP contribution in [0.5, 0.6) is 0 Å². The average Bonchev–Trinajstić information content (AvgIpc) is 3.21. The van der Waals surface area contributed by atoms with Gasteiger partial charge in [0.25, 0.3) is 0 Å². The Kier molecular flexibility index (Phi) is 36.6. The second kappa shape index (κ2) is 38.8. The summed E-state index contributed by atoms with van der Waals surface area (Å²) in [5.41, 5.74) is 0. The average molecular weight is 810 g/mol. The molecule has 9 heteroatoms. The van der Waals surface area contributed by atoms with Crippen molar-refractivity contribution in [3.63, 3.8) is 0 Å². The van der Waals surface area contributed by atoms with E-state index in [9.17, 15) is 30.3 Å². The minimum absolute atomic E-state index is 0.181. The smallest absolute Gasteiger partial charge is 0.220 e. The Morgan fingerprint density at radius 1 is 0.579 bits per heavy atom. The molecule has 0 spiro atoms. The molecule has 9 nitrogen and oxygen atoms in total. The van der Waals surface area contributed by atoms with Crippen LogP contribution in [0.4, 0.5) is 0 Å². The van der Waals surface area contributed by atoms with Crippen LogP contribution in [0.1, 0.15) is 219 Å². The van der Waals surface area contributed by atoms with Gasteiger partial charge in [-0.2, -0.15) is 0 Å². The zero-order valence-corrected chi connectivity index (χ0v) is 36.9. The van der Waals surface area contributed by atoms with Gasteiger partial charge in [-0.25, -0.2) is 0 Å². The van der Waals surface area contributed by atoms with Crippen LogP contribution in [-0.2, 0) is 14.3 Å². The lowest BCUT2D eigenvalue weighted by Crippen LogP contribution is -2.60. The molecule has 0 saturated carbocycles. The third-order valence-electron chi connectivity index (χ3n) is 11.5. The number of unbranched alkanes of at least 4 members (excludes halogenated alkanes) is 28. The van der Waals surface area contributed by atoms with Gasteiger partial charge in [0.05, 0.1) is 25.4 Å². The minimum atomic E-state index is -1.56. The van der Waals surface area contributed by atoms with E-state index >= 15 is 0 Å². The fourth-order valence-electron chi connectivity index (χ4n) is 7.62. The highest BCUT2D eigenvalue weighted by molar-refractivity contribution is 5.76. The molecule has 0 aromatic carbocycles. The van der Waals surface area contributed by atoms with E-state index in [-0.39, 0.29) is 12.5 Å². The van der Waals surface area contributed by atoms with E-state index in [2.05, 4.69) is 31.3 Å². The molecule has 1 fully saturated rings. The molecule has 57 heavy (non-hydrogen) atoms. The molecule has 0 aromatic heterocycles. The molecule has 7 atom stereocenters. The van der Waals surface area contributed by atoms with Crippen molar-refractivity contribution in [3.05, 3.63) is 24.3 Å². The Morgan fingerprint density at radius 2 is 0.982 bits per heavy atom. The Balaban J connectivity index is 2.30. The Labute approximate surface area is 349 Å². The first-order chi connectivity index (χ1) is 27.8. The number of hydrogen-bond acceptors (Lipinski definition) is 8. The van der Waals surface area contributed by atoms with Crippen LogP contribution < -0.4 is 5.32 Å². The molecule has 1 saturated heterocycles. The van der Waals surface area contributed by atoms with Crippen LogP contribution >= 0.6 is 0 Å². The van der Waals surface area contributed by atoms with Gasteiger partial charge in [0.2, 0.25) is 5.91 Å². The first kappa shape index (κ1) is 53.7. The maximum atomic E-state index is 13.0. The zero-order chi connectivity index (χ0) is 41.6. The van der Waals surface area contributed by atoms with E-state index in [1.54, 1.807) is 6.08 Å². The highest BCUT2D eigenvalue weighted by Crippen LogP contribution is 2.23. The van der Waals surface area contributed by atoms with Gasteiger partial charge < -0.3 is 40.3 Å². The summed E-state index contributed by atoms with van der Waals surface area (Å²) < 4.78 is 11.2. The number of carbonyl (C=O) groups excluding carboxylic acids is 1. The summed E-state index contributed by atoms with van der Waals surface area (Å²) in [4.78, 5) is 13.0. The highest BCUT2D eigenvalue weighted by Gasteiger charge is 2.44. The minimum Gasteiger partial charge on any atom is -0.394 e. The van der Waals surface area contributed by atoms with E-state index < -0.39 is 49.5 Å². The highest BCUT2D eigenvalue weighted by atomic mass is 16.7. The van der Waals surface area contributed by atoms with Gasteiger partial charge in [-0.15, -0.1) is 0 Å². The van der Waals surface area contributed by atoms with E-state index in [0.29, 0.717) is 6.42 Å². The van der Waals surface area contributed by atoms with Crippen LogP contribution in [0.25, 0.3) is 0 Å². The summed E-state index contributed by atoms with van der Waals surface area (Å²) in [6.45, 7) is 3.77. The quantitative estimate of drug-likeness (QED) is 0.0265. The number of aliphatic hydroxyl groups is 5. The number of amides is 1. The lowest BCUT2D eigenvalue weighted by molar-refractivity contribution is -0.302. The standard InChI is InChI=1S/C48H91NO8/c1-3-5-7-9-11-13-15-17-18-19-20-21-22-23-24-26-28-30-32-34-36-38-44(52)49-41(40-56-48-47(55)46(54)45(53)43(39-50)57-48)42(51)37-35-33-31-29-27-25-16-14-12-10-8-6-4-2/h21-22,35,37,41-43,45-48,50-51,53-55H,3-20,23-34,36,38-40H2,1-2H3,(H,49,52)/b22-21-,37-35+. The first-order valence-corrected chi connectivity index (χ1v) is 24.1. The van der Waals surface area contributed by atoms with Gasteiger partial charge in [-0.05, 0) is 44.9 Å². The molecular weight excluding hydrogens is 719 g/mol. The third kappa shape index (κ3) is 29.5. The van der Waals surface area contributed by atoms with Crippen molar-refractivity contribution in [3.8, 4) is 0 Å². The summed E-state index contributed by atoms with van der Waals surface area (Å²) in [5.74, 6) is -0.181. The fourth-order valence-corrected chi connectivity index (χ4v) is 7.62. The number of nitrogens with one attached hydrogen (secondary N) is 1. The Bertz CT molecular complexity index is 945. The summed E-state index contributed by atoms with van der Waals surface area (Å²) in [6.07, 6.45) is 39.4. The topological polar surface area (TPSA) is 149 Å². The van der Waals surface area contributed by atoms with Crippen molar-refractivity contribution in [2.75, 3.05) is 13.2 Å². The maximum Gasteiger partial charge on any atom is 0.220 e. The van der Waals surface area contributed by atoms with Crippen molar-refractivity contribution in [2.24, 2.45) is 0 Å². The van der Waals surface area contributed by atoms with E-state index in [1.165, 1.54) is 161 Å². The summed E-state index contributed by atoms with van der Waals surface area (Å²) in [6, 6.07) is -0.803. The van der Waals surface area contributed by atoms with Crippen molar-refractivity contribution in [2.45, 2.75) is 262 Å². The number of aliphatic hydroxyl groups excluding tert-OH is 5. The number of ether oxygens (including phenoxy) is 2. The van der Waals surface area contributed by atoms with Gasteiger partial charge in [0, 0.05) is 6.42 Å². The van der Waals surface area contributed by atoms with Gasteiger partial charge in [0.1, 0.15) is 24.4 Å². The molecule has 1 amide bonds. The normalized spacial score (nSPS) is 21.1. The second-order valence-electron chi connectivity index (χ2n) is 16.9. The lowest BCUT2D eigenvalue weighted by atomic mass is 9.99. The van der Waals surface area contributed by atoms with Gasteiger partial charge in [-0.1, -0.05) is 192 Å². The molecule has 1 aliphatic heterocycles. The molecule has 0 radical (unpaired) electrons. The molecule has 1 aliphatic rings. The van der Waals surface area contributed by atoms with Crippen LogP contribution in [0.2, 0.25) is 0 Å². The molecule has 0 aliphatic carbocycles. The van der Waals surface area contributed by atoms with Crippen LogP contribution in [-0.4, -0.2) is 87.5 Å². The zero-order valence-electron chi connectivity index (χ0n) is 36.9. The SMILES string of the molecule is CCCCCCCCCCCC/C=C\CCCCCCCCCC(=O)NC(COC1OC(CO)C(O)C(O)C1O)C(O)/C=C/CCCCCCCCCCCCC. The lowest BCUT2D eigenvalue weighted by Gasteiger charge is -2.40. The maximum absolute atomic E-state index is 13.0. The van der Waals surface area contributed by atoms with E-state index in [4.69, 9.17) is 9.47 Å². The monoisotopic (exact) mass is 810 g/mol. The van der Waals surface area contributed by atoms with Crippen LogP contribution in [0.15, 0.2) is 24.3 Å². The van der Waals surface area contributed by atoms with Crippen LogP contribution in [0.3, 0.4) is 0 Å². The van der Waals surface area contributed by atoms with Crippen LogP contribution in [0, 0.1) is 0 Å². The number of allylic oxidation sites excluding steroid dienone is 3. The largest absolute Gasteiger partial charge is 0.394 e. The van der Waals surface area contributed by atoms with Crippen molar-refractivity contribution < 1.29 is 39.8 Å². The molecule has 6 N–H and O–H groups in total. The van der Waals surface area contributed by atoms with Crippen molar-refractivity contribution in [1.29, 1.82) is 0 Å². The predicted molar refractivity (Wildman–Crippen MR) is 235 cm³/mol. The van der Waals surface area contributed by atoms with Gasteiger partial charge in [-0.3, -0.25) is 4.79 Å². The van der Waals surface area contributed by atoms with Crippen molar-refractivity contribution in [1.82, 2.24) is 5.32 Å². The molecular formula is C48H91NO8. The second-order valence-corrected chi connectivity index (χ2v) is 16.9. The molecule has 336 valence electrons. The number of carbonyl (C=O) groups is 1. The van der Waals surface area contributed by atoms with E-state index in [1.807, 2.05) is 6.08 Å². The fraction of sp³-hybridized carbons (Fsp3) is 0.896. The molecule has 7 unspecified atom stereocenters. The Morgan fingerprint density at radius 3 is 1.42 bits per heavy atom. The summed E-state index contributed by atoms with van der Waals surface area (Å²) >= 11 is 0. The summed E-state index contributed by atoms with van der Waals surface area (Å²) in [5, 5.41) is 54.2. The number of hydrogen-bond donors (Lipinski definition) is 6. The predicted octanol–water partition coefficient (Wildman–Crippen LogP) is 10.3. The Hall–Kier alpha value is -1.33. The molecule has 1 rings (SSSR count). The van der Waals surface area contributed by atoms with Gasteiger partial charge >= 0.3 is 0 Å². The van der Waals surface area contributed by atoms with Gasteiger partial charge in [0.15, 0.2) is 6.29 Å². The molecule has 0 bridgehead atoms. The van der Waals surface area contributed by atoms with Crippen molar-refractivity contribution >= 4 is 5.91 Å². The number of rotatable bonds is 40. The first-order valence-electron chi connectivity index (χ1n) is 24.1.